The van der Waals surface area contributed by atoms with Gasteiger partial charge >= 0.3 is 24.0 Å². The van der Waals surface area contributed by atoms with Crippen molar-refractivity contribution in [3.05, 3.63) is 176 Å². The summed E-state index contributed by atoms with van der Waals surface area (Å²) in [5.74, 6) is 0.467. The number of fused-ring (bicyclic) bond motifs is 1. The lowest BCUT2D eigenvalue weighted by atomic mass is 10.0. The van der Waals surface area contributed by atoms with Gasteiger partial charge < -0.3 is 34.1 Å². The number of nitrogens with one attached hydrogen (secondary N) is 1. The molecule has 1 N–H and O–H groups in total. The van der Waals surface area contributed by atoms with Gasteiger partial charge in [-0.15, -0.1) is 0 Å². The first-order valence-electron chi connectivity index (χ1n) is 19.8. The first-order valence-corrected chi connectivity index (χ1v) is 23.7. The van der Waals surface area contributed by atoms with Gasteiger partial charge in [-0.25, -0.2) is 19.2 Å². The highest BCUT2D eigenvalue weighted by Crippen LogP contribution is 2.45. The normalized spacial score (nSPS) is 11.8. The van der Waals surface area contributed by atoms with Crippen LogP contribution >= 0.6 is 94.2 Å². The van der Waals surface area contributed by atoms with E-state index in [4.69, 9.17) is 65.4 Å². The minimum atomic E-state index is -0.517. The lowest BCUT2D eigenvalue weighted by molar-refractivity contribution is 0.0591. The molecule has 1 aliphatic heterocycles. The molecule has 1 heterocycles. The fourth-order valence-electron chi connectivity index (χ4n) is 6.85. The van der Waals surface area contributed by atoms with E-state index in [2.05, 4.69) is 53.1 Å². The van der Waals surface area contributed by atoms with Crippen LogP contribution in [-0.2, 0) is 35.7 Å². The molecule has 7 rings (SSSR count). The molecule has 6 aromatic carbocycles. The monoisotopic (exact) mass is 1180 g/mol. The number of urea groups is 2. The number of para-hydroxylation sites is 2. The molecular weight excluding hydrogens is 1140 g/mol. The van der Waals surface area contributed by atoms with E-state index in [1.54, 1.807) is 84.7 Å². The van der Waals surface area contributed by atoms with E-state index in [1.165, 1.54) is 19.1 Å². The Kier molecular flexibility index (Phi) is 17.9. The number of hydrogen-bond donors (Lipinski definition) is 1. The number of ether oxygens (including phenoxy) is 4. The summed E-state index contributed by atoms with van der Waals surface area (Å²) in [6.07, 6.45) is 0. The average molecular weight is 1180 g/mol. The Labute approximate surface area is 432 Å². The quantitative estimate of drug-likeness (QED) is 0.120. The number of benzene rings is 6. The van der Waals surface area contributed by atoms with Crippen LogP contribution in [0.3, 0.4) is 0 Å². The molecule has 0 spiro atoms. The first-order chi connectivity index (χ1) is 32.1. The molecule has 0 aromatic heterocycles. The second-order valence-corrected chi connectivity index (χ2v) is 18.7. The number of esters is 2. The second-order valence-electron chi connectivity index (χ2n) is 14.5. The van der Waals surface area contributed by atoms with Crippen LogP contribution in [0.2, 0.25) is 20.1 Å². The van der Waals surface area contributed by atoms with Gasteiger partial charge in [-0.05, 0) is 89.5 Å². The summed E-state index contributed by atoms with van der Waals surface area (Å²) in [7, 11) is 5.82. The molecule has 0 saturated heterocycles. The molecule has 19 heteroatoms. The van der Waals surface area contributed by atoms with Crippen molar-refractivity contribution in [3.63, 3.8) is 0 Å². The van der Waals surface area contributed by atoms with Gasteiger partial charge in [0.15, 0.2) is 0 Å². The standard InChI is InChI=1S/C24H20Br2Cl2N2O4.C24H19BrCl2N2O4/c1-33-16-8-6-14(7-9-16)12-30(24(32)29-22-20(27)4-3-5-21(22)28)13-17-18(25)10-15(11-19(17)26)23(31)34-2;1-32-16-8-6-14(7-9-16)12-28-13-17-18(25)10-15(23(30)33-2)11-21(17)29(24(28)31)22-19(26)4-3-5-20(22)27/h3-11H,12-13H2,1-2H3,(H,29,32);3-11H,12-13H2,1-2H3. The third-order valence-corrected chi connectivity index (χ3v) is 13.6. The number of methoxy groups -OCH3 is 4. The largest absolute Gasteiger partial charge is 0.497 e. The molecule has 0 unspecified atom stereocenters. The molecule has 348 valence electrons. The van der Waals surface area contributed by atoms with Crippen molar-refractivity contribution in [2.45, 2.75) is 26.2 Å². The van der Waals surface area contributed by atoms with Crippen LogP contribution in [-0.4, -0.2) is 62.2 Å². The Balaban J connectivity index is 0.000000221. The maximum Gasteiger partial charge on any atom is 0.337 e. The minimum absolute atomic E-state index is 0.211. The lowest BCUT2D eigenvalue weighted by Gasteiger charge is -2.38. The molecule has 6 aromatic rings. The molecule has 0 bridgehead atoms. The number of amides is 4. The Morgan fingerprint density at radius 1 is 0.642 bits per heavy atom. The minimum Gasteiger partial charge on any atom is -0.497 e. The third-order valence-electron chi connectivity index (χ3n) is 10.3. The van der Waals surface area contributed by atoms with Gasteiger partial charge in [0.1, 0.15) is 11.5 Å². The Morgan fingerprint density at radius 3 is 1.63 bits per heavy atom. The van der Waals surface area contributed by atoms with Crippen molar-refractivity contribution in [1.82, 2.24) is 9.80 Å². The number of rotatable bonds is 12. The van der Waals surface area contributed by atoms with Gasteiger partial charge in [0.25, 0.3) is 0 Å². The van der Waals surface area contributed by atoms with E-state index in [1.807, 2.05) is 48.5 Å². The van der Waals surface area contributed by atoms with Crippen LogP contribution in [0.5, 0.6) is 11.5 Å². The van der Waals surface area contributed by atoms with Gasteiger partial charge in [0.2, 0.25) is 0 Å². The van der Waals surface area contributed by atoms with E-state index in [-0.39, 0.29) is 19.1 Å². The molecule has 4 amide bonds. The van der Waals surface area contributed by atoms with E-state index < -0.39 is 18.0 Å². The lowest BCUT2D eigenvalue weighted by Crippen LogP contribution is -2.44. The number of nitrogens with zero attached hydrogens (tertiary/aromatic N) is 3. The maximum atomic E-state index is 13.8. The average Bonchev–Trinajstić information content (AvgIpc) is 3.32. The Bertz CT molecular complexity index is 2760. The molecule has 0 fully saturated rings. The summed E-state index contributed by atoms with van der Waals surface area (Å²) in [5.41, 5.74) is 5.26. The van der Waals surface area contributed by atoms with Gasteiger partial charge in [-0.3, -0.25) is 4.90 Å². The van der Waals surface area contributed by atoms with Crippen molar-refractivity contribution in [1.29, 1.82) is 0 Å². The number of anilines is 3. The fraction of sp³-hybridized carbons (Fsp3) is 0.167. The van der Waals surface area contributed by atoms with Crippen LogP contribution in [0.15, 0.2) is 123 Å². The van der Waals surface area contributed by atoms with E-state index >= 15 is 0 Å². The third kappa shape index (κ3) is 12.4. The molecule has 1 aliphatic rings. The molecule has 67 heavy (non-hydrogen) atoms. The second kappa shape index (κ2) is 23.3. The van der Waals surface area contributed by atoms with Crippen LogP contribution in [0.1, 0.15) is 43.0 Å². The summed E-state index contributed by atoms with van der Waals surface area (Å²) < 4.78 is 22.1. The summed E-state index contributed by atoms with van der Waals surface area (Å²) in [4.78, 5) is 56.1. The summed E-state index contributed by atoms with van der Waals surface area (Å²) in [5, 5.41) is 4.10. The molecule has 12 nitrogen and oxygen atoms in total. The van der Waals surface area contributed by atoms with Crippen molar-refractivity contribution >= 4 is 135 Å². The zero-order chi connectivity index (χ0) is 48.5. The van der Waals surface area contributed by atoms with Crippen LogP contribution in [0.4, 0.5) is 26.7 Å². The summed E-state index contributed by atoms with van der Waals surface area (Å²) in [6.45, 7) is 1.17. The molecule has 0 atom stereocenters. The summed E-state index contributed by atoms with van der Waals surface area (Å²) in [6, 6.07) is 30.8. The van der Waals surface area contributed by atoms with E-state index in [0.29, 0.717) is 80.5 Å². The number of carbonyl (C=O) groups is 4. The number of hydrogen-bond acceptors (Lipinski definition) is 8. The molecule has 0 radical (unpaired) electrons. The highest BCUT2D eigenvalue weighted by Gasteiger charge is 2.36. The van der Waals surface area contributed by atoms with Crippen molar-refractivity contribution < 1.29 is 38.1 Å². The highest BCUT2D eigenvalue weighted by atomic mass is 79.9. The summed E-state index contributed by atoms with van der Waals surface area (Å²) >= 11 is 36.1. The van der Waals surface area contributed by atoms with Gasteiger partial charge in [-0.1, -0.05) is 131 Å². The van der Waals surface area contributed by atoms with Gasteiger partial charge in [0.05, 0.1) is 89.8 Å². The maximum absolute atomic E-state index is 13.8. The van der Waals surface area contributed by atoms with E-state index in [0.717, 1.165) is 28.0 Å². The van der Waals surface area contributed by atoms with Crippen molar-refractivity contribution in [2.24, 2.45) is 0 Å². The Morgan fingerprint density at radius 2 is 1.12 bits per heavy atom. The Hall–Kier alpha value is -5.00. The fourth-order valence-corrected chi connectivity index (χ4v) is 9.92. The smallest absolute Gasteiger partial charge is 0.337 e. The van der Waals surface area contributed by atoms with Gasteiger partial charge in [0, 0.05) is 32.1 Å². The zero-order valence-corrected chi connectivity index (χ0v) is 43.8. The number of carbonyl (C=O) groups excluding carboxylic acids is 4. The molecular formula is C48H39Br3Cl4N4O8. The van der Waals surface area contributed by atoms with Crippen molar-refractivity contribution in [2.75, 3.05) is 38.7 Å². The highest BCUT2D eigenvalue weighted by molar-refractivity contribution is 9.11. The SMILES string of the molecule is COC(=O)c1cc(Br)c(CN(Cc2ccc(OC)cc2)C(=O)Nc2c(Cl)cccc2Cl)c(Br)c1.COC(=O)c1cc(Br)c2c(c1)N(c1c(Cl)cccc1Cl)C(=O)N(Cc1ccc(OC)cc1)C2. The topological polar surface area (TPSA) is 127 Å². The zero-order valence-electron chi connectivity index (χ0n) is 36.0. The van der Waals surface area contributed by atoms with Crippen LogP contribution < -0.4 is 19.7 Å². The van der Waals surface area contributed by atoms with E-state index in [9.17, 15) is 19.2 Å². The van der Waals surface area contributed by atoms with Crippen molar-refractivity contribution in [3.8, 4) is 11.5 Å². The van der Waals surface area contributed by atoms with Gasteiger partial charge in [-0.2, -0.15) is 0 Å². The molecule has 0 saturated carbocycles. The van der Waals surface area contributed by atoms with Crippen LogP contribution in [0, 0.1) is 0 Å². The predicted molar refractivity (Wildman–Crippen MR) is 273 cm³/mol. The first kappa shape index (κ1) is 51.4. The predicted octanol–water partition coefficient (Wildman–Crippen LogP) is 14.4. The van der Waals surface area contributed by atoms with Crippen LogP contribution in [0.25, 0.3) is 0 Å². The molecule has 0 aliphatic carbocycles. The number of halogens is 7.